The predicted molar refractivity (Wildman–Crippen MR) is 152 cm³/mol. The molecule has 0 atom stereocenters. The Morgan fingerprint density at radius 1 is 0.714 bits per heavy atom. The molecule has 2 aliphatic rings. The van der Waals surface area contributed by atoms with Crippen LogP contribution < -0.4 is 0 Å². The van der Waals surface area contributed by atoms with E-state index in [4.69, 9.17) is 0 Å². The van der Waals surface area contributed by atoms with Gasteiger partial charge in [-0.05, 0) is 123 Å². The van der Waals surface area contributed by atoms with Gasteiger partial charge in [-0.1, -0.05) is 87.4 Å². The van der Waals surface area contributed by atoms with Crippen molar-refractivity contribution in [1.29, 1.82) is 0 Å². The first-order chi connectivity index (χ1) is 17.2. The largest absolute Gasteiger partial charge is 0.0730 e. The van der Waals surface area contributed by atoms with Gasteiger partial charge >= 0.3 is 0 Å². The Labute approximate surface area is 215 Å². The molecule has 2 aromatic rings. The third-order valence-electron chi connectivity index (χ3n) is 8.64. The van der Waals surface area contributed by atoms with Crippen molar-refractivity contribution in [3.05, 3.63) is 82.9 Å². The van der Waals surface area contributed by atoms with Gasteiger partial charge in [0.25, 0.3) is 0 Å². The zero-order valence-electron chi connectivity index (χ0n) is 22.3. The highest BCUT2D eigenvalue weighted by Crippen LogP contribution is 2.38. The number of aryl methyl sites for hydroxylation is 1. The Morgan fingerprint density at radius 2 is 1.31 bits per heavy atom. The Bertz CT molecular complexity index is 949. The summed E-state index contributed by atoms with van der Waals surface area (Å²) < 4.78 is 0. The molecular weight excluding hydrogens is 420 g/mol. The zero-order chi connectivity index (χ0) is 24.3. The minimum Gasteiger partial charge on any atom is -0.0730 e. The van der Waals surface area contributed by atoms with Crippen molar-refractivity contribution >= 4 is 0 Å². The first kappa shape index (κ1) is 25.8. The van der Waals surface area contributed by atoms with Crippen molar-refractivity contribution in [2.75, 3.05) is 0 Å². The normalized spacial score (nSPS) is 24.7. The molecule has 35 heavy (non-hydrogen) atoms. The summed E-state index contributed by atoms with van der Waals surface area (Å²) in [6, 6.07) is 18.6. The Kier molecular flexibility index (Phi) is 10.1. The quantitative estimate of drug-likeness (QED) is 0.339. The molecule has 0 nitrogen and oxygen atoms in total. The van der Waals surface area contributed by atoms with Crippen LogP contribution in [-0.4, -0.2) is 0 Å². The molecule has 0 heterocycles. The van der Waals surface area contributed by atoms with Crippen molar-refractivity contribution in [3.63, 3.8) is 0 Å². The lowest BCUT2D eigenvalue weighted by Crippen LogP contribution is -2.13. The van der Waals surface area contributed by atoms with E-state index in [-0.39, 0.29) is 0 Å². The molecule has 0 saturated heterocycles. The van der Waals surface area contributed by atoms with Gasteiger partial charge in [0.2, 0.25) is 0 Å². The summed E-state index contributed by atoms with van der Waals surface area (Å²) in [6.45, 7) is 4.59. The van der Waals surface area contributed by atoms with Crippen LogP contribution in [0.4, 0.5) is 0 Å². The van der Waals surface area contributed by atoms with Crippen LogP contribution in [0.15, 0.2) is 60.7 Å². The topological polar surface area (TPSA) is 0 Å². The molecule has 0 radical (unpaired) electrons. The molecule has 0 aliphatic heterocycles. The smallest absolute Gasteiger partial charge is 0.0249 e. The number of hydrogen-bond acceptors (Lipinski definition) is 0. The number of unbranched alkanes of at least 4 members (excludes halogenated alkanes) is 1. The third kappa shape index (κ3) is 7.87. The van der Waals surface area contributed by atoms with E-state index in [1.165, 1.54) is 94.6 Å². The van der Waals surface area contributed by atoms with Gasteiger partial charge in [-0.15, -0.1) is 0 Å². The molecule has 2 saturated carbocycles. The number of benzene rings is 2. The van der Waals surface area contributed by atoms with Crippen LogP contribution in [0.5, 0.6) is 0 Å². The molecular formula is C35H46. The van der Waals surface area contributed by atoms with Gasteiger partial charge in [-0.25, -0.2) is 0 Å². The molecule has 0 aromatic heterocycles. The fourth-order valence-electron chi connectivity index (χ4n) is 6.32. The molecule has 2 fully saturated rings. The minimum atomic E-state index is 0.689. The molecule has 4 rings (SSSR count). The van der Waals surface area contributed by atoms with E-state index in [9.17, 15) is 0 Å². The number of hydrogen-bond donors (Lipinski definition) is 0. The highest BCUT2D eigenvalue weighted by Gasteiger charge is 2.22. The van der Waals surface area contributed by atoms with Gasteiger partial charge in [0, 0.05) is 5.56 Å². The lowest BCUT2D eigenvalue weighted by Gasteiger charge is -2.28. The molecule has 0 spiro atoms. The Morgan fingerprint density at radius 3 is 1.91 bits per heavy atom. The maximum Gasteiger partial charge on any atom is 0.0249 e. The second kappa shape index (κ2) is 13.7. The molecule has 0 N–H and O–H groups in total. The summed E-state index contributed by atoms with van der Waals surface area (Å²) in [5, 5.41) is 0. The molecule has 0 amide bonds. The van der Waals surface area contributed by atoms with Crippen LogP contribution >= 0.6 is 0 Å². The number of allylic oxidation sites excluding steroid dienone is 2. The first-order valence-corrected chi connectivity index (χ1v) is 14.6. The maximum absolute atomic E-state index is 3.36. The van der Waals surface area contributed by atoms with E-state index in [2.05, 4.69) is 86.4 Å². The Hall–Kier alpha value is -2.26. The third-order valence-corrected chi connectivity index (χ3v) is 8.64. The molecule has 0 unspecified atom stereocenters. The van der Waals surface area contributed by atoms with E-state index in [1.54, 1.807) is 5.56 Å². The van der Waals surface area contributed by atoms with Crippen LogP contribution in [0.3, 0.4) is 0 Å². The summed E-state index contributed by atoms with van der Waals surface area (Å²) in [7, 11) is 0. The van der Waals surface area contributed by atoms with Gasteiger partial charge in [0.1, 0.15) is 0 Å². The van der Waals surface area contributed by atoms with Crippen molar-refractivity contribution in [2.45, 2.75) is 109 Å². The van der Waals surface area contributed by atoms with Crippen LogP contribution in [0.2, 0.25) is 0 Å². The number of rotatable bonds is 8. The Balaban J connectivity index is 1.20. The summed E-state index contributed by atoms with van der Waals surface area (Å²) >= 11 is 0. The monoisotopic (exact) mass is 466 g/mol. The highest BCUT2D eigenvalue weighted by atomic mass is 14.3. The minimum absolute atomic E-state index is 0.689. The summed E-state index contributed by atoms with van der Waals surface area (Å²) in [6.07, 6.45) is 21.8. The second-order valence-corrected chi connectivity index (χ2v) is 11.2. The summed E-state index contributed by atoms with van der Waals surface area (Å²) in [5.41, 5.74) is 5.71. The van der Waals surface area contributed by atoms with Crippen molar-refractivity contribution < 1.29 is 0 Å². The van der Waals surface area contributed by atoms with Crippen LogP contribution in [0, 0.1) is 23.7 Å². The van der Waals surface area contributed by atoms with E-state index >= 15 is 0 Å². The van der Waals surface area contributed by atoms with E-state index in [0.717, 1.165) is 23.3 Å². The molecule has 186 valence electrons. The van der Waals surface area contributed by atoms with Crippen LogP contribution in [0.1, 0.15) is 125 Å². The lowest BCUT2D eigenvalue weighted by molar-refractivity contribution is 0.308. The highest BCUT2D eigenvalue weighted by molar-refractivity contribution is 5.39. The van der Waals surface area contributed by atoms with Gasteiger partial charge in [-0.2, -0.15) is 0 Å². The zero-order valence-corrected chi connectivity index (χ0v) is 22.3. The molecule has 0 heteroatoms. The SMILES string of the molecule is CCCCc1ccc([C@H]2CC[C@H](C=CC#Cc3ccc([C@H]4CC[C@H](CCC)CC4)cc3)CC2)cc1. The van der Waals surface area contributed by atoms with Crippen molar-refractivity contribution in [3.8, 4) is 11.8 Å². The van der Waals surface area contributed by atoms with Crippen LogP contribution in [-0.2, 0) is 6.42 Å². The summed E-state index contributed by atoms with van der Waals surface area (Å²) in [4.78, 5) is 0. The molecule has 2 aromatic carbocycles. The van der Waals surface area contributed by atoms with Crippen molar-refractivity contribution in [2.24, 2.45) is 11.8 Å². The van der Waals surface area contributed by atoms with E-state index < -0.39 is 0 Å². The first-order valence-electron chi connectivity index (χ1n) is 14.6. The van der Waals surface area contributed by atoms with Gasteiger partial charge in [0.15, 0.2) is 0 Å². The van der Waals surface area contributed by atoms with Gasteiger partial charge in [-0.3, -0.25) is 0 Å². The average molecular weight is 467 g/mol. The second-order valence-electron chi connectivity index (χ2n) is 11.2. The van der Waals surface area contributed by atoms with Crippen LogP contribution in [0.25, 0.3) is 0 Å². The van der Waals surface area contributed by atoms with E-state index in [1.807, 2.05) is 0 Å². The molecule has 0 bridgehead atoms. The van der Waals surface area contributed by atoms with Gasteiger partial charge < -0.3 is 0 Å². The molecule has 2 aliphatic carbocycles. The average Bonchev–Trinajstić information content (AvgIpc) is 2.92. The van der Waals surface area contributed by atoms with Gasteiger partial charge in [0.05, 0.1) is 0 Å². The predicted octanol–water partition coefficient (Wildman–Crippen LogP) is 9.98. The summed E-state index contributed by atoms with van der Waals surface area (Å²) in [5.74, 6) is 9.83. The lowest BCUT2D eigenvalue weighted by atomic mass is 9.77. The maximum atomic E-state index is 3.36. The standard InChI is InChI=1S/C35H46/c1-3-5-9-29-14-22-33(23-15-29)35-26-18-31(19-27-35)11-7-6-10-30-16-24-34(25-17-30)32-20-12-28(8-4-2)13-21-32/h7,11,14-17,22-25,28,31-32,35H,3-5,8-9,12-13,18-21,26-27H2,1-2H3/t28-,31-,32-,35-. The fourth-order valence-corrected chi connectivity index (χ4v) is 6.32. The fraction of sp³-hybridized carbons (Fsp3) is 0.543. The van der Waals surface area contributed by atoms with Crippen molar-refractivity contribution in [1.82, 2.24) is 0 Å². The van der Waals surface area contributed by atoms with E-state index in [0.29, 0.717) is 5.92 Å².